The van der Waals surface area contributed by atoms with Gasteiger partial charge in [-0.2, -0.15) is 0 Å². The summed E-state index contributed by atoms with van der Waals surface area (Å²) in [6.45, 7) is 6.08. The Morgan fingerprint density at radius 3 is 2.48 bits per heavy atom. The van der Waals surface area contributed by atoms with E-state index in [2.05, 4.69) is 21.2 Å². The maximum absolute atomic E-state index is 14.0. The molecule has 0 bridgehead atoms. The van der Waals surface area contributed by atoms with E-state index in [0.717, 1.165) is 6.42 Å². The van der Waals surface area contributed by atoms with Crippen LogP contribution in [0, 0.1) is 5.82 Å². The van der Waals surface area contributed by atoms with E-state index in [9.17, 15) is 12.8 Å². The van der Waals surface area contributed by atoms with Crippen molar-refractivity contribution in [2.24, 2.45) is 0 Å². The molecule has 0 aliphatic heterocycles. The summed E-state index contributed by atoms with van der Waals surface area (Å²) in [5, 5.41) is 3.25. The molecule has 0 aromatic heterocycles. The highest BCUT2D eigenvalue weighted by Crippen LogP contribution is 2.25. The molecule has 0 amide bonds. The van der Waals surface area contributed by atoms with E-state index in [1.54, 1.807) is 26.0 Å². The average Bonchev–Trinajstić information content (AvgIpc) is 2.35. The van der Waals surface area contributed by atoms with Gasteiger partial charge in [-0.3, -0.25) is 0 Å². The molecule has 6 heteroatoms. The number of nitrogens with one attached hydrogen (secondary N) is 1. The summed E-state index contributed by atoms with van der Waals surface area (Å²) < 4.78 is 37.8. The Kier molecular flexibility index (Phi) is 6.37. The van der Waals surface area contributed by atoms with Crippen LogP contribution in [0.15, 0.2) is 22.7 Å². The SMILES string of the molecule is CCCNC(Cc1ccc(Br)cc1F)C(C)(C)S(C)(=O)=O. The van der Waals surface area contributed by atoms with Gasteiger partial charge in [0.2, 0.25) is 0 Å². The second kappa shape index (κ2) is 7.20. The van der Waals surface area contributed by atoms with E-state index in [1.807, 2.05) is 6.92 Å². The van der Waals surface area contributed by atoms with E-state index in [4.69, 9.17) is 0 Å². The third kappa shape index (κ3) is 4.76. The van der Waals surface area contributed by atoms with E-state index < -0.39 is 14.6 Å². The number of hydrogen-bond acceptors (Lipinski definition) is 3. The summed E-state index contributed by atoms with van der Waals surface area (Å²) in [6, 6.07) is 4.52. The molecule has 0 saturated heterocycles. The molecule has 1 atom stereocenters. The second-order valence-electron chi connectivity index (χ2n) is 5.82. The van der Waals surface area contributed by atoms with Gasteiger partial charge in [0.05, 0.1) is 4.75 Å². The van der Waals surface area contributed by atoms with Crippen molar-refractivity contribution in [3.05, 3.63) is 34.1 Å². The molecular weight excluding hydrogens is 357 g/mol. The highest BCUT2D eigenvalue weighted by molar-refractivity contribution is 9.10. The van der Waals surface area contributed by atoms with Crippen LogP contribution >= 0.6 is 15.9 Å². The summed E-state index contributed by atoms with van der Waals surface area (Å²) in [7, 11) is -3.27. The Labute approximate surface area is 135 Å². The topological polar surface area (TPSA) is 46.2 Å². The highest BCUT2D eigenvalue weighted by Gasteiger charge is 2.38. The van der Waals surface area contributed by atoms with Gasteiger partial charge in [-0.1, -0.05) is 28.9 Å². The lowest BCUT2D eigenvalue weighted by Crippen LogP contribution is -2.53. The van der Waals surface area contributed by atoms with Gasteiger partial charge in [0.25, 0.3) is 0 Å². The van der Waals surface area contributed by atoms with E-state index >= 15 is 0 Å². The first kappa shape index (κ1) is 18.6. The van der Waals surface area contributed by atoms with Crippen molar-refractivity contribution in [3.8, 4) is 0 Å². The standard InChI is InChI=1S/C15H23BrFNO2S/c1-5-8-18-14(15(2,3)21(4,19)20)9-11-6-7-12(16)10-13(11)17/h6-7,10,14,18H,5,8-9H2,1-4H3. The van der Waals surface area contributed by atoms with E-state index in [1.165, 1.54) is 12.3 Å². The third-order valence-electron chi connectivity index (χ3n) is 3.87. The molecule has 1 unspecified atom stereocenters. The molecule has 1 N–H and O–H groups in total. The van der Waals surface area contributed by atoms with Gasteiger partial charge in [-0.05, 0) is 50.9 Å². The van der Waals surface area contributed by atoms with Crippen LogP contribution in [0.3, 0.4) is 0 Å². The van der Waals surface area contributed by atoms with Crippen molar-refractivity contribution >= 4 is 25.8 Å². The fourth-order valence-electron chi connectivity index (χ4n) is 2.05. The van der Waals surface area contributed by atoms with Gasteiger partial charge < -0.3 is 5.32 Å². The van der Waals surface area contributed by atoms with Gasteiger partial charge >= 0.3 is 0 Å². The molecular formula is C15H23BrFNO2S. The third-order valence-corrected chi connectivity index (χ3v) is 6.56. The number of rotatable bonds is 7. The van der Waals surface area contributed by atoms with Crippen LogP contribution in [0.25, 0.3) is 0 Å². The highest BCUT2D eigenvalue weighted by atomic mass is 79.9. The fourth-order valence-corrected chi connectivity index (χ4v) is 3.06. The number of benzene rings is 1. The number of halogens is 2. The maximum Gasteiger partial charge on any atom is 0.154 e. The van der Waals surface area contributed by atoms with E-state index in [0.29, 0.717) is 23.0 Å². The number of sulfone groups is 1. The summed E-state index contributed by atoms with van der Waals surface area (Å²) in [5.74, 6) is -0.322. The first-order valence-corrected chi connectivity index (χ1v) is 9.65. The normalized spacial score (nSPS) is 14.2. The molecule has 120 valence electrons. The van der Waals surface area contributed by atoms with Gasteiger partial charge in [0.15, 0.2) is 9.84 Å². The second-order valence-corrected chi connectivity index (χ2v) is 9.33. The average molecular weight is 380 g/mol. The predicted octanol–water partition coefficient (Wildman–Crippen LogP) is 3.32. The Morgan fingerprint density at radius 1 is 1.38 bits per heavy atom. The van der Waals surface area contributed by atoms with Crippen LogP contribution in [-0.4, -0.2) is 32.0 Å². The Bertz CT molecular complexity index is 587. The van der Waals surface area contributed by atoms with Gasteiger partial charge in [-0.25, -0.2) is 12.8 Å². The molecule has 0 aliphatic rings. The van der Waals surface area contributed by atoms with Crippen LogP contribution in [0.5, 0.6) is 0 Å². The van der Waals surface area contributed by atoms with Crippen molar-refractivity contribution in [1.82, 2.24) is 5.32 Å². The van der Waals surface area contributed by atoms with Crippen LogP contribution in [0.1, 0.15) is 32.8 Å². The van der Waals surface area contributed by atoms with Crippen LogP contribution in [0.4, 0.5) is 4.39 Å². The molecule has 1 aromatic carbocycles. The lowest BCUT2D eigenvalue weighted by atomic mass is 9.95. The first-order valence-electron chi connectivity index (χ1n) is 6.96. The summed E-state index contributed by atoms with van der Waals surface area (Å²) in [4.78, 5) is 0. The molecule has 1 aromatic rings. The minimum Gasteiger partial charge on any atom is -0.312 e. The molecule has 0 saturated carbocycles. The van der Waals surface area contributed by atoms with Crippen molar-refractivity contribution < 1.29 is 12.8 Å². The lowest BCUT2D eigenvalue weighted by Gasteiger charge is -2.33. The minimum atomic E-state index is -3.27. The fraction of sp³-hybridized carbons (Fsp3) is 0.600. The molecule has 0 heterocycles. The van der Waals surface area contributed by atoms with Crippen molar-refractivity contribution in [2.75, 3.05) is 12.8 Å². The maximum atomic E-state index is 14.0. The molecule has 0 aliphatic carbocycles. The molecule has 1 rings (SSSR count). The monoisotopic (exact) mass is 379 g/mol. The number of hydrogen-bond donors (Lipinski definition) is 1. The Balaban J connectivity index is 3.09. The van der Waals surface area contributed by atoms with Gasteiger partial charge in [0.1, 0.15) is 5.82 Å². The quantitative estimate of drug-likeness (QED) is 0.790. The van der Waals surface area contributed by atoms with Gasteiger partial charge in [-0.15, -0.1) is 0 Å². The summed E-state index contributed by atoms with van der Waals surface area (Å²) >= 11 is 3.22. The lowest BCUT2D eigenvalue weighted by molar-refractivity contribution is 0.401. The first-order chi connectivity index (χ1) is 9.59. The van der Waals surface area contributed by atoms with E-state index in [-0.39, 0.29) is 11.9 Å². The minimum absolute atomic E-state index is 0.322. The van der Waals surface area contributed by atoms with Crippen LogP contribution in [-0.2, 0) is 16.3 Å². The molecule has 3 nitrogen and oxygen atoms in total. The smallest absolute Gasteiger partial charge is 0.154 e. The molecule has 0 spiro atoms. The molecule has 0 radical (unpaired) electrons. The van der Waals surface area contributed by atoms with Crippen molar-refractivity contribution in [3.63, 3.8) is 0 Å². The Hall–Kier alpha value is -0.460. The predicted molar refractivity (Wildman–Crippen MR) is 88.8 cm³/mol. The zero-order chi connectivity index (χ0) is 16.3. The van der Waals surface area contributed by atoms with Crippen LogP contribution in [0.2, 0.25) is 0 Å². The van der Waals surface area contributed by atoms with Crippen LogP contribution < -0.4 is 5.32 Å². The summed E-state index contributed by atoms with van der Waals surface area (Å²) in [5.41, 5.74) is 0.517. The van der Waals surface area contributed by atoms with Crippen molar-refractivity contribution in [2.45, 2.75) is 44.4 Å². The zero-order valence-corrected chi connectivity index (χ0v) is 15.3. The molecule has 0 fully saturated rings. The summed E-state index contributed by atoms with van der Waals surface area (Å²) in [6.07, 6.45) is 2.45. The van der Waals surface area contributed by atoms with Gasteiger partial charge in [0, 0.05) is 16.8 Å². The Morgan fingerprint density at radius 2 is 2.00 bits per heavy atom. The molecule has 21 heavy (non-hydrogen) atoms. The zero-order valence-electron chi connectivity index (χ0n) is 12.9. The van der Waals surface area contributed by atoms with Crippen molar-refractivity contribution in [1.29, 1.82) is 0 Å². The largest absolute Gasteiger partial charge is 0.312 e.